The van der Waals surface area contributed by atoms with Gasteiger partial charge in [0.05, 0.1) is 25.1 Å². The van der Waals surface area contributed by atoms with Crippen LogP contribution >= 0.6 is 11.6 Å². The number of methoxy groups -OCH3 is 1. The Balaban J connectivity index is 1.42. The number of fused-ring (bicyclic) bond motifs is 1. The summed E-state index contributed by atoms with van der Waals surface area (Å²) in [5, 5.41) is 12.1. The predicted octanol–water partition coefficient (Wildman–Crippen LogP) is 6.83. The average molecular weight is 626 g/mol. The van der Waals surface area contributed by atoms with Crippen molar-refractivity contribution in [1.29, 1.82) is 0 Å². The lowest BCUT2D eigenvalue weighted by atomic mass is 9.77. The zero-order chi connectivity index (χ0) is 31.9. The van der Waals surface area contributed by atoms with E-state index in [1.807, 2.05) is 59.5 Å². The van der Waals surface area contributed by atoms with Crippen molar-refractivity contribution in [3.8, 4) is 17.0 Å². The van der Waals surface area contributed by atoms with E-state index in [9.17, 15) is 14.4 Å². The normalized spacial score (nSPS) is 13.5. The van der Waals surface area contributed by atoms with E-state index in [0.717, 1.165) is 52.1 Å². The molecule has 0 radical (unpaired) electrons. The van der Waals surface area contributed by atoms with Gasteiger partial charge in [-0.1, -0.05) is 61.3 Å². The number of nitrogens with one attached hydrogen (secondary N) is 1. The molecule has 2 amide bonds. The van der Waals surface area contributed by atoms with E-state index >= 15 is 0 Å². The minimum absolute atomic E-state index is 0.0310. The lowest BCUT2D eigenvalue weighted by Crippen LogP contribution is -2.34. The van der Waals surface area contributed by atoms with Gasteiger partial charge in [-0.15, -0.1) is 0 Å². The lowest BCUT2D eigenvalue weighted by molar-refractivity contribution is -0.137. The number of carbonyl (C=O) groups excluding carboxylic acids is 2. The molecule has 3 aromatic carbocycles. The smallest absolute Gasteiger partial charge is 0.305 e. The first-order chi connectivity index (χ1) is 21.8. The second-order valence-corrected chi connectivity index (χ2v) is 11.6. The molecule has 5 rings (SSSR count). The summed E-state index contributed by atoms with van der Waals surface area (Å²) in [5.74, 6) is -1.15. The molecule has 8 nitrogen and oxygen atoms in total. The number of carbonyl (C=O) groups is 3. The van der Waals surface area contributed by atoms with Crippen LogP contribution < -0.4 is 10.1 Å². The molecule has 1 aromatic heterocycles. The third-order valence-electron chi connectivity index (χ3n) is 8.23. The Morgan fingerprint density at radius 2 is 1.67 bits per heavy atom. The maximum atomic E-state index is 14.5. The Bertz CT molecular complexity index is 1670. The highest BCUT2D eigenvalue weighted by Crippen LogP contribution is 2.40. The number of amides is 2. The number of pyridine rings is 1. The molecule has 2 atom stereocenters. The predicted molar refractivity (Wildman–Crippen MR) is 173 cm³/mol. The number of aliphatic carboxylic acids is 1. The number of aromatic nitrogens is 1. The van der Waals surface area contributed by atoms with Gasteiger partial charge in [-0.05, 0) is 71.0 Å². The number of halogens is 1. The second-order valence-electron chi connectivity index (χ2n) is 11.2. The first kappa shape index (κ1) is 31.7. The molecule has 9 heteroatoms. The van der Waals surface area contributed by atoms with Gasteiger partial charge in [0.2, 0.25) is 5.91 Å². The Morgan fingerprint density at radius 1 is 0.956 bits per heavy atom. The van der Waals surface area contributed by atoms with Gasteiger partial charge in [0.25, 0.3) is 5.91 Å². The molecule has 0 spiro atoms. The fourth-order valence-corrected chi connectivity index (χ4v) is 6.05. The summed E-state index contributed by atoms with van der Waals surface area (Å²) in [6, 6.07) is 24.7. The topological polar surface area (TPSA) is 109 Å². The number of nitrogens with zero attached hydrogens (tertiary/aromatic N) is 2. The minimum atomic E-state index is -0.971. The lowest BCUT2D eigenvalue weighted by Gasteiger charge is -2.31. The highest BCUT2D eigenvalue weighted by atomic mass is 35.5. The number of rotatable bonds is 12. The molecule has 45 heavy (non-hydrogen) atoms. The number of ether oxygens (including phenoxy) is 1. The SMILES string of the molecule is CCCC(c1ccc(C(=O)NCCC(=O)O)cc1)C(C(=O)N1Cc2ccc(-c3cc(OC)ccn3)cc2C1)c1ccc(Cl)cc1. The number of benzene rings is 3. The molecule has 1 aliphatic heterocycles. The first-order valence-electron chi connectivity index (χ1n) is 15.0. The molecular weight excluding hydrogens is 590 g/mol. The Morgan fingerprint density at radius 3 is 2.36 bits per heavy atom. The van der Waals surface area contributed by atoms with Gasteiger partial charge < -0.3 is 20.1 Å². The summed E-state index contributed by atoms with van der Waals surface area (Å²) in [5.41, 5.74) is 6.24. The second kappa shape index (κ2) is 14.4. The van der Waals surface area contributed by atoms with Crippen molar-refractivity contribution in [3.63, 3.8) is 0 Å². The van der Waals surface area contributed by atoms with Crippen LogP contribution in [0, 0.1) is 0 Å². The van der Waals surface area contributed by atoms with E-state index in [1.165, 1.54) is 0 Å². The van der Waals surface area contributed by atoms with Crippen LogP contribution in [0.5, 0.6) is 5.75 Å². The maximum absolute atomic E-state index is 14.5. The summed E-state index contributed by atoms with van der Waals surface area (Å²) in [6.45, 7) is 3.15. The molecule has 2 N–H and O–H groups in total. The molecular formula is C36H36ClN3O5. The Labute approximate surface area is 268 Å². The molecule has 0 bridgehead atoms. The highest BCUT2D eigenvalue weighted by molar-refractivity contribution is 6.30. The third-order valence-corrected chi connectivity index (χ3v) is 8.48. The van der Waals surface area contributed by atoms with Crippen molar-refractivity contribution >= 4 is 29.4 Å². The van der Waals surface area contributed by atoms with Crippen LogP contribution in [0.1, 0.15) is 70.6 Å². The van der Waals surface area contributed by atoms with Crippen molar-refractivity contribution in [2.75, 3.05) is 13.7 Å². The van der Waals surface area contributed by atoms with Crippen molar-refractivity contribution in [3.05, 3.63) is 118 Å². The summed E-state index contributed by atoms with van der Waals surface area (Å²) in [6.07, 6.45) is 3.19. The molecule has 4 aromatic rings. The average Bonchev–Trinajstić information content (AvgIpc) is 3.49. The Kier molecular flexibility index (Phi) is 10.1. The quantitative estimate of drug-likeness (QED) is 0.179. The summed E-state index contributed by atoms with van der Waals surface area (Å²) in [7, 11) is 1.63. The standard InChI is InChI=1S/C36H36ClN3O5/c1-3-4-31(23-5-7-25(8-6-23)35(43)39-18-16-33(41)42)34(24-11-13-29(37)14-12-24)36(44)40-21-27-10-9-26(19-28(27)22-40)32-20-30(45-2)15-17-38-32/h5-15,17,19-20,31,34H,3-4,16,18,21-22H2,1-2H3,(H,39,43)(H,41,42). The number of carboxylic acid groups (broad SMARTS) is 1. The van der Waals surface area contributed by atoms with Gasteiger partial charge in [-0.2, -0.15) is 0 Å². The van der Waals surface area contributed by atoms with Crippen molar-refractivity contribution in [2.24, 2.45) is 0 Å². The van der Waals surface area contributed by atoms with Crippen LogP contribution in [0.4, 0.5) is 0 Å². The third kappa shape index (κ3) is 7.52. The summed E-state index contributed by atoms with van der Waals surface area (Å²) < 4.78 is 5.37. The largest absolute Gasteiger partial charge is 0.497 e. The fourth-order valence-electron chi connectivity index (χ4n) is 5.92. The first-order valence-corrected chi connectivity index (χ1v) is 15.4. The van der Waals surface area contributed by atoms with Gasteiger partial charge in [-0.25, -0.2) is 0 Å². The molecule has 232 valence electrons. The van der Waals surface area contributed by atoms with Crippen molar-refractivity contribution in [1.82, 2.24) is 15.2 Å². The monoisotopic (exact) mass is 625 g/mol. The van der Waals surface area contributed by atoms with E-state index in [4.69, 9.17) is 21.4 Å². The van der Waals surface area contributed by atoms with Crippen molar-refractivity contribution < 1.29 is 24.2 Å². The summed E-state index contributed by atoms with van der Waals surface area (Å²) >= 11 is 6.25. The number of hydrogen-bond acceptors (Lipinski definition) is 5. The van der Waals surface area contributed by atoms with Crippen LogP contribution in [0.25, 0.3) is 11.3 Å². The maximum Gasteiger partial charge on any atom is 0.305 e. The molecule has 0 aliphatic carbocycles. The van der Waals surface area contributed by atoms with E-state index < -0.39 is 11.9 Å². The molecule has 0 saturated carbocycles. The van der Waals surface area contributed by atoms with E-state index in [0.29, 0.717) is 23.7 Å². The van der Waals surface area contributed by atoms with Crippen LogP contribution in [-0.2, 0) is 22.7 Å². The van der Waals surface area contributed by atoms with Crippen LogP contribution in [-0.4, -0.2) is 46.4 Å². The van der Waals surface area contributed by atoms with E-state index in [-0.39, 0.29) is 30.7 Å². The van der Waals surface area contributed by atoms with Gasteiger partial charge in [0, 0.05) is 48.0 Å². The van der Waals surface area contributed by atoms with Gasteiger partial charge in [0.1, 0.15) is 5.75 Å². The number of hydrogen-bond donors (Lipinski definition) is 2. The zero-order valence-corrected chi connectivity index (χ0v) is 26.1. The minimum Gasteiger partial charge on any atom is -0.497 e. The van der Waals surface area contributed by atoms with Gasteiger partial charge in [-0.3, -0.25) is 19.4 Å². The van der Waals surface area contributed by atoms with E-state index in [1.54, 1.807) is 25.4 Å². The molecule has 2 heterocycles. The fraction of sp³-hybridized carbons (Fsp3) is 0.278. The molecule has 1 aliphatic rings. The van der Waals surface area contributed by atoms with Crippen LogP contribution in [0.3, 0.4) is 0 Å². The van der Waals surface area contributed by atoms with Crippen molar-refractivity contribution in [2.45, 2.75) is 51.1 Å². The van der Waals surface area contributed by atoms with Crippen LogP contribution in [0.2, 0.25) is 5.02 Å². The number of carboxylic acids is 1. The van der Waals surface area contributed by atoms with Gasteiger partial charge in [0.15, 0.2) is 0 Å². The zero-order valence-electron chi connectivity index (χ0n) is 25.3. The molecule has 0 saturated heterocycles. The highest BCUT2D eigenvalue weighted by Gasteiger charge is 2.36. The van der Waals surface area contributed by atoms with Gasteiger partial charge >= 0.3 is 5.97 Å². The molecule has 2 unspecified atom stereocenters. The van der Waals surface area contributed by atoms with Crippen LogP contribution in [0.15, 0.2) is 85.1 Å². The van der Waals surface area contributed by atoms with E-state index in [2.05, 4.69) is 29.4 Å². The Hall–Kier alpha value is -4.69. The molecule has 0 fully saturated rings. The summed E-state index contributed by atoms with van der Waals surface area (Å²) in [4.78, 5) is 44.3.